The fraction of sp³-hybridized carbons (Fsp3) is 0.864. The fourth-order valence-corrected chi connectivity index (χ4v) is 3.81. The molecule has 6 heteroatoms. The van der Waals surface area contributed by atoms with Gasteiger partial charge in [0.1, 0.15) is 19.0 Å². The van der Waals surface area contributed by atoms with Crippen LogP contribution in [0.2, 0.25) is 18.1 Å². The lowest BCUT2D eigenvalue weighted by molar-refractivity contribution is -0.0219. The first kappa shape index (κ1) is 25.3. The molecule has 0 amide bonds. The Morgan fingerprint density at radius 1 is 1.29 bits per heavy atom. The van der Waals surface area contributed by atoms with Crippen LogP contribution >= 0.6 is 0 Å². The van der Waals surface area contributed by atoms with Crippen molar-refractivity contribution in [3.05, 3.63) is 11.6 Å². The first-order valence-corrected chi connectivity index (χ1v) is 13.4. The summed E-state index contributed by atoms with van der Waals surface area (Å²) in [6.45, 7) is 17.0. The van der Waals surface area contributed by atoms with Crippen LogP contribution < -0.4 is 0 Å². The molecule has 0 aliphatic carbocycles. The Bertz CT molecular complexity index is 534. The summed E-state index contributed by atoms with van der Waals surface area (Å²) in [5, 5.41) is 9.60. The highest BCUT2D eigenvalue weighted by atomic mass is 28.4. The number of rotatable bonds is 13. The summed E-state index contributed by atoms with van der Waals surface area (Å²) in [5.41, 5.74) is 1.18. The van der Waals surface area contributed by atoms with Crippen molar-refractivity contribution in [1.82, 2.24) is 0 Å². The lowest BCUT2D eigenvalue weighted by Crippen LogP contribution is -2.41. The summed E-state index contributed by atoms with van der Waals surface area (Å²) in [7, 11) is -0.131. The first-order valence-electron chi connectivity index (χ1n) is 10.5. The lowest BCUT2D eigenvalue weighted by atomic mass is 9.92. The van der Waals surface area contributed by atoms with E-state index >= 15 is 0 Å². The molecule has 1 aliphatic rings. The molecule has 162 valence electrons. The van der Waals surface area contributed by atoms with Gasteiger partial charge in [0, 0.05) is 13.0 Å². The highest BCUT2D eigenvalue weighted by Crippen LogP contribution is 2.38. The van der Waals surface area contributed by atoms with Crippen LogP contribution in [0.1, 0.15) is 53.9 Å². The quantitative estimate of drug-likeness (QED) is 0.135. The van der Waals surface area contributed by atoms with Gasteiger partial charge in [0.2, 0.25) is 0 Å². The third kappa shape index (κ3) is 9.19. The normalized spacial score (nSPS) is 21.6. The minimum absolute atomic E-state index is 0.0867. The minimum atomic E-state index is -1.75. The summed E-state index contributed by atoms with van der Waals surface area (Å²) in [6, 6.07) is 2.45. The van der Waals surface area contributed by atoms with Crippen LogP contribution in [-0.2, 0) is 18.6 Å². The van der Waals surface area contributed by atoms with Gasteiger partial charge < -0.3 is 18.6 Å². The minimum Gasteiger partial charge on any atom is -0.414 e. The summed E-state index contributed by atoms with van der Waals surface area (Å²) in [6.07, 6.45) is 5.04. The van der Waals surface area contributed by atoms with Crippen molar-refractivity contribution in [3.8, 4) is 6.07 Å². The zero-order chi connectivity index (χ0) is 21.4. The molecule has 1 aliphatic heterocycles. The van der Waals surface area contributed by atoms with Crippen LogP contribution in [0, 0.1) is 23.2 Å². The molecule has 0 aromatic rings. The molecule has 0 radical (unpaired) electrons. The maximum atomic E-state index is 9.39. The summed E-state index contributed by atoms with van der Waals surface area (Å²) in [5.74, 6) is 0.620. The number of nitrogens with zero attached hydrogens (tertiary/aromatic N) is 1. The van der Waals surface area contributed by atoms with E-state index in [0.29, 0.717) is 19.1 Å². The van der Waals surface area contributed by atoms with Crippen molar-refractivity contribution in [2.75, 3.05) is 27.1 Å². The summed E-state index contributed by atoms with van der Waals surface area (Å²) in [4.78, 5) is 0. The van der Waals surface area contributed by atoms with Gasteiger partial charge in [-0.15, -0.1) is 0 Å². The van der Waals surface area contributed by atoms with E-state index in [2.05, 4.69) is 59.9 Å². The Morgan fingerprint density at radius 3 is 2.50 bits per heavy atom. The molecule has 0 bridgehead atoms. The van der Waals surface area contributed by atoms with E-state index < -0.39 is 8.32 Å². The number of nitriles is 1. The van der Waals surface area contributed by atoms with Gasteiger partial charge in [-0.05, 0) is 48.9 Å². The van der Waals surface area contributed by atoms with Crippen molar-refractivity contribution in [1.29, 1.82) is 5.26 Å². The van der Waals surface area contributed by atoms with Crippen LogP contribution in [-0.4, -0.2) is 47.6 Å². The number of epoxide rings is 1. The third-order valence-corrected chi connectivity index (χ3v) is 10.2. The molecule has 1 heterocycles. The molecule has 3 atom stereocenters. The average molecular weight is 412 g/mol. The maximum absolute atomic E-state index is 9.39. The largest absolute Gasteiger partial charge is 0.414 e. The Morgan fingerprint density at radius 2 is 1.96 bits per heavy atom. The van der Waals surface area contributed by atoms with Crippen molar-refractivity contribution in [3.63, 3.8) is 0 Å². The van der Waals surface area contributed by atoms with Gasteiger partial charge in [0.05, 0.1) is 19.3 Å². The van der Waals surface area contributed by atoms with Gasteiger partial charge in [-0.1, -0.05) is 40.7 Å². The molecule has 0 N–H and O–H groups in total. The summed E-state index contributed by atoms with van der Waals surface area (Å²) >= 11 is 0. The number of hydrogen-bond acceptors (Lipinski definition) is 5. The molecule has 0 aromatic carbocycles. The van der Waals surface area contributed by atoms with E-state index in [0.717, 1.165) is 19.3 Å². The highest BCUT2D eigenvalue weighted by Gasteiger charge is 2.42. The lowest BCUT2D eigenvalue weighted by Gasteiger charge is -2.35. The number of hydrogen-bond donors (Lipinski definition) is 0. The van der Waals surface area contributed by atoms with Gasteiger partial charge in [0.15, 0.2) is 8.32 Å². The van der Waals surface area contributed by atoms with Gasteiger partial charge in [0.25, 0.3) is 0 Å². The molecule has 5 nitrogen and oxygen atoms in total. The highest BCUT2D eigenvalue weighted by molar-refractivity contribution is 6.74. The van der Waals surface area contributed by atoms with E-state index in [-0.39, 0.29) is 30.0 Å². The van der Waals surface area contributed by atoms with Crippen molar-refractivity contribution >= 4 is 8.32 Å². The molecular weight excluding hydrogens is 370 g/mol. The van der Waals surface area contributed by atoms with Gasteiger partial charge in [-0.3, -0.25) is 0 Å². The number of ether oxygens (including phenoxy) is 3. The topological polar surface area (TPSA) is 64.0 Å². The molecule has 0 aromatic heterocycles. The molecule has 0 spiro atoms. The van der Waals surface area contributed by atoms with Crippen LogP contribution in [0.5, 0.6) is 0 Å². The Kier molecular flexibility index (Phi) is 10.4. The maximum Gasteiger partial charge on any atom is 0.192 e. The van der Waals surface area contributed by atoms with Crippen molar-refractivity contribution < 1.29 is 18.6 Å². The molecule has 1 fully saturated rings. The van der Waals surface area contributed by atoms with Crippen molar-refractivity contribution in [2.24, 2.45) is 11.8 Å². The predicted octanol–water partition coefficient (Wildman–Crippen LogP) is 5.29. The zero-order valence-corrected chi connectivity index (χ0v) is 20.2. The second-order valence-corrected chi connectivity index (χ2v) is 14.6. The first-order chi connectivity index (χ1) is 13.0. The van der Waals surface area contributed by atoms with E-state index in [1.807, 2.05) is 0 Å². The van der Waals surface area contributed by atoms with E-state index in [9.17, 15) is 5.26 Å². The predicted molar refractivity (Wildman–Crippen MR) is 116 cm³/mol. The number of methoxy groups -OCH3 is 1. The molecular formula is C22H41NO4Si. The summed E-state index contributed by atoms with van der Waals surface area (Å²) < 4.78 is 22.7. The Hall–Kier alpha value is -0.713. The Labute approximate surface area is 173 Å². The molecule has 28 heavy (non-hydrogen) atoms. The standard InChI is InChI=1S/C22H41NO4Si/c1-17(2)11-18(13-23)9-10-19(14-25-16-24-6)12-20-21(27-20)15-26-28(7,8)22(3,4)5/h12,17-18,20-21H,9-11,14-16H2,1-8H3/b19-12+/t18?,20-,21+/m0/s1. The second-order valence-electron chi connectivity index (χ2n) is 9.78. The zero-order valence-electron chi connectivity index (χ0n) is 19.2. The fourth-order valence-electron chi connectivity index (χ4n) is 2.80. The molecule has 1 saturated heterocycles. The van der Waals surface area contributed by atoms with Crippen LogP contribution in [0.15, 0.2) is 11.6 Å². The van der Waals surface area contributed by atoms with E-state index in [1.165, 1.54) is 5.57 Å². The monoisotopic (exact) mass is 411 g/mol. The van der Waals surface area contributed by atoms with E-state index in [1.54, 1.807) is 7.11 Å². The van der Waals surface area contributed by atoms with E-state index in [4.69, 9.17) is 18.6 Å². The van der Waals surface area contributed by atoms with Gasteiger partial charge in [-0.25, -0.2) is 0 Å². The van der Waals surface area contributed by atoms with Crippen LogP contribution in [0.3, 0.4) is 0 Å². The third-order valence-electron chi connectivity index (χ3n) is 5.68. The van der Waals surface area contributed by atoms with Crippen LogP contribution in [0.4, 0.5) is 0 Å². The molecule has 1 rings (SSSR count). The molecule has 0 saturated carbocycles. The van der Waals surface area contributed by atoms with Crippen molar-refractivity contribution in [2.45, 2.75) is 84.2 Å². The van der Waals surface area contributed by atoms with Gasteiger partial charge in [-0.2, -0.15) is 5.26 Å². The smallest absolute Gasteiger partial charge is 0.192 e. The van der Waals surface area contributed by atoms with Crippen LogP contribution in [0.25, 0.3) is 0 Å². The average Bonchev–Trinajstić information content (AvgIpc) is 3.33. The molecule has 1 unspecified atom stereocenters. The SMILES string of the molecule is COCOC/C(=C/[C@@H]1O[C@@H]1CO[Si](C)(C)C(C)(C)C)CCC(C#N)CC(C)C. The second kappa shape index (κ2) is 11.5. The Balaban J connectivity index is 2.58. The van der Waals surface area contributed by atoms with Gasteiger partial charge >= 0.3 is 0 Å².